The van der Waals surface area contributed by atoms with Gasteiger partial charge in [-0.25, -0.2) is 0 Å². The van der Waals surface area contributed by atoms with Gasteiger partial charge in [-0.05, 0) is 63.1 Å². The third kappa shape index (κ3) is 4.80. The summed E-state index contributed by atoms with van der Waals surface area (Å²) in [7, 11) is 0. The van der Waals surface area contributed by atoms with Gasteiger partial charge in [0.1, 0.15) is 5.56 Å². The summed E-state index contributed by atoms with van der Waals surface area (Å²) in [5.41, 5.74) is 4.93. The number of rotatable bonds is 6. The third-order valence-electron chi connectivity index (χ3n) is 6.36. The number of nitrogens with one attached hydrogen (secondary N) is 1. The van der Waals surface area contributed by atoms with Crippen LogP contribution in [0.3, 0.4) is 0 Å². The molecular weight excluding hydrogens is 360 g/mol. The van der Waals surface area contributed by atoms with Gasteiger partial charge in [-0.1, -0.05) is 44.7 Å². The normalized spacial score (nSPS) is 14.8. The number of amides is 1. The van der Waals surface area contributed by atoms with Gasteiger partial charge in [0.05, 0.1) is 0 Å². The van der Waals surface area contributed by atoms with E-state index in [1.165, 1.54) is 32.1 Å². The molecule has 1 aliphatic carbocycles. The fraction of sp³-hybridized carbons (Fsp3) is 0.520. The second-order valence-electron chi connectivity index (χ2n) is 8.54. The van der Waals surface area contributed by atoms with Gasteiger partial charge in [0.2, 0.25) is 0 Å². The first kappa shape index (κ1) is 21.4. The van der Waals surface area contributed by atoms with Gasteiger partial charge in [-0.2, -0.15) is 0 Å². The molecule has 1 saturated carbocycles. The minimum Gasteiger partial charge on any atom is -0.348 e. The van der Waals surface area contributed by atoms with Gasteiger partial charge in [0, 0.05) is 29.7 Å². The molecule has 2 aromatic rings. The van der Waals surface area contributed by atoms with Crippen molar-refractivity contribution in [1.29, 1.82) is 0 Å². The maximum absolute atomic E-state index is 13.2. The average Bonchev–Trinajstić information content (AvgIpc) is 2.69. The molecule has 1 N–H and O–H groups in total. The zero-order valence-corrected chi connectivity index (χ0v) is 18.3. The van der Waals surface area contributed by atoms with Crippen LogP contribution in [0.5, 0.6) is 0 Å². The standard InChI is InChI=1S/C25H34N2O2/c1-5-10-22-24(25(29)26-21-14-9-11-17(2)19(21)4)23(28)15-18(3)27(22)16-20-12-7-6-8-13-20/h9,11,14-15,20H,5-8,10,12-13,16H2,1-4H3,(H,26,29). The molecule has 3 rings (SSSR count). The molecule has 0 aliphatic heterocycles. The van der Waals surface area contributed by atoms with Crippen LogP contribution < -0.4 is 10.7 Å². The van der Waals surface area contributed by atoms with Crippen molar-refractivity contribution in [3.8, 4) is 0 Å². The van der Waals surface area contributed by atoms with E-state index in [0.717, 1.165) is 47.6 Å². The highest BCUT2D eigenvalue weighted by Gasteiger charge is 2.23. The number of aryl methyl sites for hydroxylation is 2. The summed E-state index contributed by atoms with van der Waals surface area (Å²) < 4.78 is 2.25. The highest BCUT2D eigenvalue weighted by atomic mass is 16.2. The number of carbonyl (C=O) groups is 1. The van der Waals surface area contributed by atoms with Gasteiger partial charge in [-0.15, -0.1) is 0 Å². The summed E-state index contributed by atoms with van der Waals surface area (Å²) in [5, 5.41) is 3.01. The molecule has 156 valence electrons. The van der Waals surface area contributed by atoms with Gasteiger partial charge in [0.25, 0.3) is 5.91 Å². The van der Waals surface area contributed by atoms with Crippen molar-refractivity contribution in [1.82, 2.24) is 4.57 Å². The number of hydrogen-bond donors (Lipinski definition) is 1. The molecule has 1 amide bonds. The lowest BCUT2D eigenvalue weighted by atomic mass is 9.89. The lowest BCUT2D eigenvalue weighted by Crippen LogP contribution is -2.30. The predicted octanol–water partition coefficient (Wildman–Crippen LogP) is 5.56. The molecule has 29 heavy (non-hydrogen) atoms. The Morgan fingerprint density at radius 3 is 2.55 bits per heavy atom. The minimum atomic E-state index is -0.287. The van der Waals surface area contributed by atoms with Crippen LogP contribution in [0.1, 0.15) is 78.3 Å². The monoisotopic (exact) mass is 394 g/mol. The van der Waals surface area contributed by atoms with Crippen molar-refractivity contribution >= 4 is 11.6 Å². The molecule has 0 spiro atoms. The zero-order valence-electron chi connectivity index (χ0n) is 18.3. The first-order chi connectivity index (χ1) is 13.9. The Kier molecular flexibility index (Phi) is 6.94. The Balaban J connectivity index is 2.00. The number of benzene rings is 1. The number of aromatic nitrogens is 1. The highest BCUT2D eigenvalue weighted by Crippen LogP contribution is 2.27. The van der Waals surface area contributed by atoms with E-state index in [1.54, 1.807) is 6.07 Å². The lowest BCUT2D eigenvalue weighted by molar-refractivity contribution is 0.102. The van der Waals surface area contributed by atoms with Gasteiger partial charge >= 0.3 is 0 Å². The van der Waals surface area contributed by atoms with Crippen molar-refractivity contribution < 1.29 is 4.79 Å². The number of pyridine rings is 1. The molecule has 1 aliphatic rings. The summed E-state index contributed by atoms with van der Waals surface area (Å²) in [6.45, 7) is 9.02. The molecule has 0 unspecified atom stereocenters. The number of nitrogens with zero attached hydrogens (tertiary/aromatic N) is 1. The number of anilines is 1. The highest BCUT2D eigenvalue weighted by molar-refractivity contribution is 6.05. The minimum absolute atomic E-state index is 0.173. The molecule has 4 heteroatoms. The maximum atomic E-state index is 13.2. The molecule has 1 aromatic carbocycles. The van der Waals surface area contributed by atoms with Crippen LogP contribution >= 0.6 is 0 Å². The smallest absolute Gasteiger partial charge is 0.261 e. The fourth-order valence-electron chi connectivity index (χ4n) is 4.52. The number of carbonyl (C=O) groups excluding carboxylic acids is 1. The van der Waals surface area contributed by atoms with Gasteiger partial charge in [-0.3, -0.25) is 9.59 Å². The third-order valence-corrected chi connectivity index (χ3v) is 6.36. The van der Waals surface area contributed by atoms with Crippen LogP contribution in [-0.2, 0) is 13.0 Å². The second-order valence-corrected chi connectivity index (χ2v) is 8.54. The lowest BCUT2D eigenvalue weighted by Gasteiger charge is -2.27. The van der Waals surface area contributed by atoms with Crippen LogP contribution in [0.4, 0.5) is 5.69 Å². The molecule has 0 bridgehead atoms. The van der Waals surface area contributed by atoms with Crippen molar-refractivity contribution in [2.75, 3.05) is 5.32 Å². The Morgan fingerprint density at radius 1 is 1.14 bits per heavy atom. The summed E-state index contributed by atoms with van der Waals surface area (Å²) in [4.78, 5) is 26.1. The predicted molar refractivity (Wildman–Crippen MR) is 120 cm³/mol. The van der Waals surface area contributed by atoms with E-state index in [4.69, 9.17) is 0 Å². The van der Waals surface area contributed by atoms with Crippen LogP contribution in [0.25, 0.3) is 0 Å². The Bertz CT molecular complexity index is 937. The number of hydrogen-bond acceptors (Lipinski definition) is 2. The summed E-state index contributed by atoms with van der Waals surface area (Å²) in [6.07, 6.45) is 8.00. The molecule has 4 nitrogen and oxygen atoms in total. The van der Waals surface area contributed by atoms with Crippen LogP contribution in [-0.4, -0.2) is 10.5 Å². The molecule has 1 aromatic heterocycles. The largest absolute Gasteiger partial charge is 0.348 e. The van der Waals surface area contributed by atoms with E-state index in [0.29, 0.717) is 11.5 Å². The van der Waals surface area contributed by atoms with E-state index in [9.17, 15) is 9.59 Å². The van der Waals surface area contributed by atoms with E-state index in [2.05, 4.69) is 16.8 Å². The fourth-order valence-corrected chi connectivity index (χ4v) is 4.52. The van der Waals surface area contributed by atoms with Crippen LogP contribution in [0.15, 0.2) is 29.1 Å². The van der Waals surface area contributed by atoms with Crippen LogP contribution in [0.2, 0.25) is 0 Å². The average molecular weight is 395 g/mol. The molecule has 1 heterocycles. The first-order valence-corrected chi connectivity index (χ1v) is 11.0. The molecule has 0 saturated heterocycles. The van der Waals surface area contributed by atoms with Crippen molar-refractivity contribution in [2.45, 2.75) is 79.2 Å². The van der Waals surface area contributed by atoms with E-state index >= 15 is 0 Å². The molecular formula is C25H34N2O2. The zero-order chi connectivity index (χ0) is 21.0. The quantitative estimate of drug-likeness (QED) is 0.697. The summed E-state index contributed by atoms with van der Waals surface area (Å²) in [6, 6.07) is 7.49. The molecule has 0 radical (unpaired) electrons. The second kappa shape index (κ2) is 9.43. The summed E-state index contributed by atoms with van der Waals surface area (Å²) >= 11 is 0. The van der Waals surface area contributed by atoms with E-state index in [-0.39, 0.29) is 11.3 Å². The van der Waals surface area contributed by atoms with Gasteiger partial charge in [0.15, 0.2) is 5.43 Å². The maximum Gasteiger partial charge on any atom is 0.261 e. The van der Waals surface area contributed by atoms with Crippen LogP contribution in [0, 0.1) is 26.7 Å². The Labute approximate surface area is 174 Å². The van der Waals surface area contributed by atoms with Gasteiger partial charge < -0.3 is 9.88 Å². The van der Waals surface area contributed by atoms with E-state index in [1.807, 2.05) is 39.0 Å². The van der Waals surface area contributed by atoms with E-state index < -0.39 is 0 Å². The molecule has 1 fully saturated rings. The first-order valence-electron chi connectivity index (χ1n) is 11.0. The molecule has 0 atom stereocenters. The Morgan fingerprint density at radius 2 is 1.86 bits per heavy atom. The Hall–Kier alpha value is -2.36. The summed E-state index contributed by atoms with van der Waals surface area (Å²) in [5.74, 6) is 0.347. The van der Waals surface area contributed by atoms with Crippen molar-refractivity contribution in [3.05, 3.63) is 62.6 Å². The topological polar surface area (TPSA) is 51.1 Å². The van der Waals surface area contributed by atoms with Crippen molar-refractivity contribution in [3.63, 3.8) is 0 Å². The van der Waals surface area contributed by atoms with Crippen molar-refractivity contribution in [2.24, 2.45) is 5.92 Å². The SMILES string of the molecule is CCCc1c(C(=O)Nc2cccc(C)c2C)c(=O)cc(C)n1CC1CCCCC1.